The van der Waals surface area contributed by atoms with Crippen LogP contribution in [0.1, 0.15) is 122 Å². The summed E-state index contributed by atoms with van der Waals surface area (Å²) in [4.78, 5) is 97.4. The zero-order chi connectivity index (χ0) is 47.0. The third kappa shape index (κ3) is 13.1. The van der Waals surface area contributed by atoms with Crippen molar-refractivity contribution >= 4 is 52.7 Å². The molecule has 19 heteroatoms. The number of aromatic nitrogens is 3. The van der Waals surface area contributed by atoms with E-state index < -0.39 is 7.15 Å². The Balaban J connectivity index is 0.000000245. The fourth-order valence-corrected chi connectivity index (χ4v) is 7.02. The van der Waals surface area contributed by atoms with Gasteiger partial charge in [-0.25, -0.2) is 0 Å². The molecule has 6 heterocycles. The van der Waals surface area contributed by atoms with Crippen LogP contribution in [0.3, 0.4) is 0 Å². The number of Topliss-reactive ketones (excluding diaryl/α,β-unsaturated/α-hetero) is 2. The second kappa shape index (κ2) is 23.7. The predicted octanol–water partition coefficient (Wildman–Crippen LogP) is 2.40. The molecule has 0 radical (unpaired) electrons. The Kier molecular flexibility index (Phi) is 18.5. The van der Waals surface area contributed by atoms with Gasteiger partial charge in [0.2, 0.25) is 17.7 Å². The van der Waals surface area contributed by atoms with Crippen LogP contribution in [0.4, 0.5) is 10.1 Å². The van der Waals surface area contributed by atoms with E-state index in [-0.39, 0.29) is 65.1 Å². The van der Waals surface area contributed by atoms with Gasteiger partial charge in [-0.3, -0.25) is 42.7 Å². The maximum absolute atomic E-state index is 12.1. The molecule has 0 bridgehead atoms. The molecule has 3 aliphatic heterocycles. The number of amides is 6. The lowest BCUT2D eigenvalue weighted by molar-refractivity contribution is -0.131. The highest BCUT2D eigenvalue weighted by Gasteiger charge is 2.30. The van der Waals surface area contributed by atoms with Gasteiger partial charge in [0.15, 0.2) is 0 Å². The van der Waals surface area contributed by atoms with E-state index in [1.807, 2.05) is 49.2 Å². The number of nitrogens with one attached hydrogen (secondary N) is 4. The summed E-state index contributed by atoms with van der Waals surface area (Å²) in [5, 5.41) is 11.0. The third-order valence-electron chi connectivity index (χ3n) is 11.0. The van der Waals surface area contributed by atoms with Gasteiger partial charge in [-0.2, -0.15) is 0 Å². The lowest BCUT2D eigenvalue weighted by Crippen LogP contribution is -2.40. The number of halogens is 1. The Labute approximate surface area is 363 Å². The molecule has 0 aromatic carbocycles. The molecule has 3 aliphatic rings. The molecule has 0 fully saturated rings. The molecule has 3 atom stereocenters. The number of hydrogen-bond donors (Lipinski definition) is 5. The quantitative estimate of drug-likeness (QED) is 0.160. The second-order valence-electron chi connectivity index (χ2n) is 15.2. The van der Waals surface area contributed by atoms with Gasteiger partial charge in [-0.15, -0.1) is 0 Å². The normalized spacial score (nSPS) is 17.1. The molecule has 0 saturated heterocycles. The molecule has 6 N–H and O–H groups in total. The average molecular weight is 868 g/mol. The summed E-state index contributed by atoms with van der Waals surface area (Å²) in [6.07, 6.45) is 8.01. The number of hydrogen-bond acceptors (Lipinski definition) is 9. The summed E-state index contributed by atoms with van der Waals surface area (Å²) in [5.41, 5.74) is 9.48. The van der Waals surface area contributed by atoms with Crippen LogP contribution in [-0.2, 0) is 36.8 Å². The van der Waals surface area contributed by atoms with Gasteiger partial charge >= 0.3 is 0 Å². The zero-order valence-corrected chi connectivity index (χ0v) is 36.8. The van der Waals surface area contributed by atoms with Crippen molar-refractivity contribution in [3.8, 4) is 0 Å². The lowest BCUT2D eigenvalue weighted by Gasteiger charge is -2.27. The van der Waals surface area contributed by atoms with Crippen LogP contribution in [0.5, 0.6) is 0 Å². The Bertz CT molecular complexity index is 2110. The summed E-state index contributed by atoms with van der Waals surface area (Å²) in [7, 11) is 4.13. The smallest absolute Gasteiger partial charge is 0.268 e. The molecule has 18 nitrogen and oxygen atoms in total. The number of nitrogens with two attached hydrogens (primary N) is 1. The minimum absolute atomic E-state index is 0.0504. The molecule has 3 aromatic rings. The van der Waals surface area contributed by atoms with Crippen LogP contribution >= 0.6 is 0 Å². The zero-order valence-electron chi connectivity index (χ0n) is 37.8. The van der Waals surface area contributed by atoms with Gasteiger partial charge in [0.1, 0.15) is 28.6 Å². The summed E-state index contributed by atoms with van der Waals surface area (Å²) in [5.74, 6) is -0.128. The van der Waals surface area contributed by atoms with E-state index in [0.717, 1.165) is 11.1 Å². The molecule has 3 unspecified atom stereocenters. The van der Waals surface area contributed by atoms with Gasteiger partial charge in [0, 0.05) is 117 Å². The highest BCUT2D eigenvalue weighted by Crippen LogP contribution is 2.25. The number of carbonyl (C=O) groups is 8. The van der Waals surface area contributed by atoms with Crippen molar-refractivity contribution in [1.82, 2.24) is 44.8 Å². The topological polar surface area (TPSA) is 232 Å². The maximum Gasteiger partial charge on any atom is 0.268 e. The van der Waals surface area contributed by atoms with Gasteiger partial charge < -0.3 is 50.5 Å². The molecule has 6 rings (SSSR count). The molecule has 0 saturated carbocycles. The number of rotatable bonds is 14. The van der Waals surface area contributed by atoms with Crippen LogP contribution < -0.4 is 27.0 Å². The standard InChI is InChI=1S/C16H23N3O3.C14H19N3O3.C12H18N4O2.CH3F/c1-4-13(20)6-11-7-14-16(22)17-9-12(19(14)10-11)8-15(21)18(3)5-2;1-3-11(18)4-9-5-12-14(20)16-7-10(17(12)8-9)6-13(19)15-2;1-3-15(2)11(17)5-9-6-14-12(18)10-4-8(13)7-16(9)10;1-2/h7,10,12H,4-6,8-9H2,1-3H3,(H,17,22);5,8,10H,3-4,6-7H2,1-2H3,(H,15,19)(H,16,20);4,7,9H,3,5-6,13H2,1-2H3,(H,14,18);1H3/i;;;1D. The van der Waals surface area contributed by atoms with Crippen molar-refractivity contribution in [2.24, 2.45) is 0 Å². The molecule has 340 valence electrons. The van der Waals surface area contributed by atoms with Gasteiger partial charge in [0.05, 0.1) is 32.3 Å². The van der Waals surface area contributed by atoms with E-state index in [2.05, 4.69) is 21.3 Å². The predicted molar refractivity (Wildman–Crippen MR) is 231 cm³/mol. The molecular formula is C43H63FN10O8. The SMILES string of the molecule is CCC(=O)Cc1cc2n(c1)C(CC(=O)N(C)CC)CNC2=O.CCC(=O)Cc1cc2n(c1)C(CC(=O)NC)CNC2=O.CCN(C)C(=O)CC1CNC(=O)c2cc(N)cn21.[2H]CF. The van der Waals surface area contributed by atoms with E-state index in [0.29, 0.717) is 100 Å². The van der Waals surface area contributed by atoms with Crippen LogP contribution in [-0.4, -0.2) is 132 Å². The van der Waals surface area contributed by atoms with Crippen molar-refractivity contribution < 1.29 is 44.1 Å². The van der Waals surface area contributed by atoms with Gasteiger partial charge in [-0.1, -0.05) is 13.8 Å². The summed E-state index contributed by atoms with van der Waals surface area (Å²) >= 11 is 0. The van der Waals surface area contributed by atoms with Crippen molar-refractivity contribution in [3.63, 3.8) is 0 Å². The number of nitrogen functional groups attached to an aromatic ring is 1. The van der Waals surface area contributed by atoms with Crippen LogP contribution in [0.15, 0.2) is 36.8 Å². The summed E-state index contributed by atoms with van der Waals surface area (Å²) < 4.78 is 21.0. The number of nitrogens with zero attached hydrogens (tertiary/aromatic N) is 5. The van der Waals surface area contributed by atoms with E-state index in [1.165, 1.54) is 0 Å². The molecule has 0 spiro atoms. The van der Waals surface area contributed by atoms with E-state index >= 15 is 0 Å². The van der Waals surface area contributed by atoms with Crippen molar-refractivity contribution in [2.75, 3.05) is 66.8 Å². The first-order valence-corrected chi connectivity index (χ1v) is 20.8. The first-order valence-electron chi connectivity index (χ1n) is 21.5. The molecule has 0 aliphatic carbocycles. The summed E-state index contributed by atoms with van der Waals surface area (Å²) in [6.45, 7) is 10.2. The fourth-order valence-electron chi connectivity index (χ4n) is 7.02. The minimum atomic E-state index is -1.00. The summed E-state index contributed by atoms with van der Waals surface area (Å²) in [6, 6.07) is 4.86. The molecule has 62 heavy (non-hydrogen) atoms. The van der Waals surface area contributed by atoms with E-state index in [1.54, 1.807) is 59.9 Å². The Morgan fingerprint density at radius 2 is 1.05 bits per heavy atom. The first-order chi connectivity index (χ1) is 29.9. The number of anilines is 1. The number of carbonyl (C=O) groups excluding carboxylic acids is 8. The number of alkyl halides is 1. The first kappa shape index (κ1) is 48.4. The monoisotopic (exact) mass is 867 g/mol. The van der Waals surface area contributed by atoms with E-state index in [4.69, 9.17) is 7.10 Å². The highest BCUT2D eigenvalue weighted by atomic mass is 19.1. The van der Waals surface area contributed by atoms with Gasteiger partial charge in [-0.05, 0) is 43.2 Å². The number of fused-ring (bicyclic) bond motifs is 3. The van der Waals surface area contributed by atoms with Crippen molar-refractivity contribution in [1.29, 1.82) is 0 Å². The van der Waals surface area contributed by atoms with E-state index in [9.17, 15) is 42.7 Å². The molecular weight excluding hydrogens is 804 g/mol. The van der Waals surface area contributed by atoms with Crippen molar-refractivity contribution in [3.05, 3.63) is 65.0 Å². The maximum atomic E-state index is 12.1. The Hall–Kier alpha value is -6.27. The largest absolute Gasteiger partial charge is 0.397 e. The Morgan fingerprint density at radius 1 is 0.694 bits per heavy atom. The van der Waals surface area contributed by atoms with Gasteiger partial charge in [0.25, 0.3) is 17.7 Å². The fraction of sp³-hybridized carbons (Fsp3) is 0.535. The Morgan fingerprint density at radius 3 is 1.40 bits per heavy atom. The van der Waals surface area contributed by atoms with Crippen LogP contribution in [0.2, 0.25) is 0 Å². The van der Waals surface area contributed by atoms with Crippen LogP contribution in [0.25, 0.3) is 0 Å². The minimum Gasteiger partial charge on any atom is -0.397 e. The number of ketones is 2. The van der Waals surface area contributed by atoms with Crippen LogP contribution in [0, 0.1) is 0 Å². The third-order valence-corrected chi connectivity index (χ3v) is 11.0. The van der Waals surface area contributed by atoms with Crippen molar-refractivity contribution in [2.45, 2.75) is 90.8 Å². The lowest BCUT2D eigenvalue weighted by atomic mass is 10.1. The average Bonchev–Trinajstić information content (AvgIpc) is 4.01. The molecule has 3 aromatic heterocycles. The second-order valence-corrected chi connectivity index (χ2v) is 15.2. The molecule has 6 amide bonds. The highest BCUT2D eigenvalue weighted by molar-refractivity contribution is 5.96.